The molecule has 24 heavy (non-hydrogen) atoms. The number of carbonyl (C=O) groups is 1. The smallest absolute Gasteiger partial charge is 0.335 e. The van der Waals surface area contributed by atoms with E-state index >= 15 is 0 Å². The van der Waals surface area contributed by atoms with E-state index in [1.165, 1.54) is 41.1 Å². The lowest BCUT2D eigenvalue weighted by Crippen LogP contribution is -2.14. The second kappa shape index (κ2) is 4.95. The number of fused-ring (bicyclic) bond motifs is 2. The molecule has 0 atom stereocenters. The Balaban J connectivity index is 1.94. The number of aromatic nitrogens is 2. The summed E-state index contributed by atoms with van der Waals surface area (Å²) in [4.78, 5) is 34.9. The molecule has 7 nitrogen and oxygen atoms in total. The highest BCUT2D eigenvalue weighted by Crippen LogP contribution is 2.24. The van der Waals surface area contributed by atoms with E-state index in [-0.39, 0.29) is 22.3 Å². The zero-order valence-electron chi connectivity index (χ0n) is 12.1. The monoisotopic (exact) mass is 322 g/mol. The summed E-state index contributed by atoms with van der Waals surface area (Å²) in [5.41, 5.74) is 0.972. The van der Waals surface area contributed by atoms with Gasteiger partial charge in [0.15, 0.2) is 5.43 Å². The fourth-order valence-corrected chi connectivity index (χ4v) is 2.56. The Kier molecular flexibility index (Phi) is 2.89. The number of hydrogen-bond acceptors (Lipinski definition) is 4. The molecule has 2 heterocycles. The highest BCUT2D eigenvalue weighted by molar-refractivity contribution is 5.87. The van der Waals surface area contributed by atoms with E-state index in [0.717, 1.165) is 0 Å². The largest absolute Gasteiger partial charge is 0.478 e. The van der Waals surface area contributed by atoms with Gasteiger partial charge in [-0.25, -0.2) is 9.48 Å². The Bertz CT molecular complexity index is 1160. The number of nitrogens with zero attached hydrogens (tertiary/aromatic N) is 1. The number of aromatic amines is 1. The molecule has 0 fully saturated rings. The number of carboxylic acids is 1. The summed E-state index contributed by atoms with van der Waals surface area (Å²) in [7, 11) is 0. The Hall–Kier alpha value is -3.61. The van der Waals surface area contributed by atoms with E-state index in [0.29, 0.717) is 22.4 Å². The third kappa shape index (κ3) is 2.11. The van der Waals surface area contributed by atoms with Gasteiger partial charge in [-0.05, 0) is 42.5 Å². The molecule has 1 aliphatic carbocycles. The number of nitrogens with one attached hydrogen (secondary N) is 1. The molecule has 0 bridgehead atoms. The SMILES string of the molecule is O=C(O)c1ccc(-n2[nH]c3oc4cc(=O)ccc-4cc3c2=O)cc1. The van der Waals surface area contributed by atoms with Gasteiger partial charge in [-0.3, -0.25) is 14.7 Å². The molecule has 1 aromatic heterocycles. The zero-order valence-corrected chi connectivity index (χ0v) is 12.1. The summed E-state index contributed by atoms with van der Waals surface area (Å²) in [6, 6.07) is 11.9. The van der Waals surface area contributed by atoms with Crippen LogP contribution in [0.2, 0.25) is 0 Å². The summed E-state index contributed by atoms with van der Waals surface area (Å²) in [5.74, 6) is -0.662. The van der Waals surface area contributed by atoms with Crippen molar-refractivity contribution in [2.75, 3.05) is 0 Å². The second-order valence-corrected chi connectivity index (χ2v) is 5.29. The Morgan fingerprint density at radius 3 is 2.50 bits per heavy atom. The second-order valence-electron chi connectivity index (χ2n) is 5.29. The minimum atomic E-state index is -1.04. The zero-order chi connectivity index (χ0) is 16.8. The molecule has 0 amide bonds. The summed E-state index contributed by atoms with van der Waals surface area (Å²) >= 11 is 0. The third-order valence-corrected chi connectivity index (χ3v) is 3.76. The van der Waals surface area contributed by atoms with Crippen LogP contribution in [0.4, 0.5) is 0 Å². The van der Waals surface area contributed by atoms with Crippen molar-refractivity contribution in [3.8, 4) is 17.0 Å². The summed E-state index contributed by atoms with van der Waals surface area (Å²) < 4.78 is 6.86. The third-order valence-electron chi connectivity index (χ3n) is 3.76. The molecule has 2 aromatic rings. The van der Waals surface area contributed by atoms with E-state index in [1.54, 1.807) is 12.1 Å². The van der Waals surface area contributed by atoms with Gasteiger partial charge in [0.1, 0.15) is 11.1 Å². The van der Waals surface area contributed by atoms with Gasteiger partial charge in [0, 0.05) is 11.6 Å². The Labute approximate surface area is 133 Å². The Morgan fingerprint density at radius 1 is 1.04 bits per heavy atom. The molecular weight excluding hydrogens is 312 g/mol. The lowest BCUT2D eigenvalue weighted by molar-refractivity contribution is 0.0697. The number of aromatic carboxylic acids is 1. The normalized spacial score (nSPS) is 11.2. The number of benzene rings is 2. The molecule has 2 aliphatic rings. The lowest BCUT2D eigenvalue weighted by atomic mass is 10.1. The highest BCUT2D eigenvalue weighted by atomic mass is 16.4. The van der Waals surface area contributed by atoms with Gasteiger partial charge in [-0.1, -0.05) is 0 Å². The van der Waals surface area contributed by atoms with Crippen molar-refractivity contribution in [2.24, 2.45) is 0 Å². The maximum absolute atomic E-state index is 12.6. The molecule has 0 saturated heterocycles. The fourth-order valence-electron chi connectivity index (χ4n) is 2.56. The van der Waals surface area contributed by atoms with E-state index in [2.05, 4.69) is 5.10 Å². The van der Waals surface area contributed by atoms with Crippen LogP contribution < -0.4 is 11.0 Å². The maximum Gasteiger partial charge on any atom is 0.335 e. The molecule has 4 rings (SSSR count). The summed E-state index contributed by atoms with van der Waals surface area (Å²) in [6.07, 6.45) is 0. The van der Waals surface area contributed by atoms with Gasteiger partial charge in [0.25, 0.3) is 5.56 Å². The van der Waals surface area contributed by atoms with Crippen LogP contribution in [0, 0.1) is 0 Å². The van der Waals surface area contributed by atoms with Gasteiger partial charge in [0.2, 0.25) is 5.71 Å². The highest BCUT2D eigenvalue weighted by Gasteiger charge is 2.15. The maximum atomic E-state index is 12.6. The fraction of sp³-hybridized carbons (Fsp3) is 0. The quantitative estimate of drug-likeness (QED) is 0.588. The van der Waals surface area contributed by atoms with Crippen molar-refractivity contribution in [1.29, 1.82) is 0 Å². The van der Waals surface area contributed by atoms with E-state index in [4.69, 9.17) is 9.52 Å². The molecule has 2 N–H and O–H groups in total. The van der Waals surface area contributed by atoms with Crippen LogP contribution in [0.3, 0.4) is 0 Å². The van der Waals surface area contributed by atoms with Gasteiger partial charge in [0.05, 0.1) is 11.3 Å². The van der Waals surface area contributed by atoms with Crippen LogP contribution in [0.25, 0.3) is 28.1 Å². The van der Waals surface area contributed by atoms with Crippen molar-refractivity contribution >= 4 is 17.1 Å². The van der Waals surface area contributed by atoms with Gasteiger partial charge in [-0.2, -0.15) is 0 Å². The van der Waals surface area contributed by atoms with Crippen LogP contribution >= 0.6 is 0 Å². The van der Waals surface area contributed by atoms with Crippen LogP contribution in [0.5, 0.6) is 0 Å². The molecule has 118 valence electrons. The average Bonchev–Trinajstić information content (AvgIpc) is 2.89. The first kappa shape index (κ1) is 14.0. The Morgan fingerprint density at radius 2 is 1.79 bits per heavy atom. The van der Waals surface area contributed by atoms with E-state index < -0.39 is 5.97 Å². The summed E-state index contributed by atoms with van der Waals surface area (Å²) in [5, 5.41) is 12.1. The molecule has 0 unspecified atom stereocenters. The predicted molar refractivity (Wildman–Crippen MR) is 86.0 cm³/mol. The van der Waals surface area contributed by atoms with E-state index in [9.17, 15) is 14.4 Å². The number of carboxylic acid groups (broad SMARTS) is 1. The van der Waals surface area contributed by atoms with Crippen molar-refractivity contribution in [3.05, 3.63) is 74.7 Å². The van der Waals surface area contributed by atoms with Crippen LogP contribution in [0.1, 0.15) is 10.4 Å². The van der Waals surface area contributed by atoms with Crippen molar-refractivity contribution in [2.45, 2.75) is 0 Å². The molecule has 0 spiro atoms. The topological polar surface area (TPSA) is 105 Å². The van der Waals surface area contributed by atoms with Crippen molar-refractivity contribution in [1.82, 2.24) is 9.78 Å². The summed E-state index contributed by atoms with van der Waals surface area (Å²) in [6.45, 7) is 0. The number of rotatable bonds is 2. The van der Waals surface area contributed by atoms with Crippen LogP contribution in [-0.4, -0.2) is 20.9 Å². The van der Waals surface area contributed by atoms with Crippen molar-refractivity contribution < 1.29 is 14.3 Å². The standard InChI is InChI=1S/C17H10N2O5/c20-12-6-3-10-7-13-15(24-14(10)8-12)18-19(16(13)21)11-4-1-9(2-5-11)17(22)23/h1-8,18H,(H,22,23). The van der Waals surface area contributed by atoms with Crippen LogP contribution in [-0.2, 0) is 0 Å². The van der Waals surface area contributed by atoms with Gasteiger partial charge < -0.3 is 9.52 Å². The average molecular weight is 322 g/mol. The first-order valence-electron chi connectivity index (χ1n) is 7.05. The molecule has 7 heteroatoms. The minimum absolute atomic E-state index is 0.126. The molecular formula is C17H10N2O5. The molecule has 0 radical (unpaired) electrons. The molecule has 1 aliphatic heterocycles. The molecule has 1 aromatic carbocycles. The van der Waals surface area contributed by atoms with Crippen molar-refractivity contribution in [3.63, 3.8) is 0 Å². The molecule has 0 saturated carbocycles. The predicted octanol–water partition coefficient (Wildman–Crippen LogP) is 2.07. The lowest BCUT2D eigenvalue weighted by Gasteiger charge is -2.02. The first-order valence-corrected chi connectivity index (χ1v) is 7.05. The first-order chi connectivity index (χ1) is 11.5. The minimum Gasteiger partial charge on any atom is -0.478 e. The number of H-pyrrole nitrogens is 1. The van der Waals surface area contributed by atoms with Gasteiger partial charge in [-0.15, -0.1) is 0 Å². The number of hydrogen-bond donors (Lipinski definition) is 2. The van der Waals surface area contributed by atoms with E-state index in [1.807, 2.05) is 0 Å². The van der Waals surface area contributed by atoms with Gasteiger partial charge >= 0.3 is 5.97 Å². The van der Waals surface area contributed by atoms with Crippen LogP contribution in [0.15, 0.2) is 62.5 Å².